The highest BCUT2D eigenvalue weighted by Crippen LogP contribution is 2.76. The van der Waals surface area contributed by atoms with E-state index in [9.17, 15) is 10.2 Å². The first-order valence-electron chi connectivity index (χ1n) is 14.3. The van der Waals surface area contributed by atoms with Crippen molar-refractivity contribution in [3.8, 4) is 0 Å². The molecule has 2 heteroatoms. The van der Waals surface area contributed by atoms with Crippen LogP contribution in [0.25, 0.3) is 0 Å². The maximum absolute atomic E-state index is 10.9. The van der Waals surface area contributed by atoms with Crippen molar-refractivity contribution in [2.45, 2.75) is 125 Å². The molecule has 2 unspecified atom stereocenters. The number of fused-ring (bicyclic) bond motifs is 7. The van der Waals surface area contributed by atoms with E-state index >= 15 is 0 Å². The van der Waals surface area contributed by atoms with Crippen LogP contribution in [0.5, 0.6) is 0 Å². The Morgan fingerprint density at radius 1 is 0.879 bits per heavy atom. The molecule has 0 aromatic carbocycles. The Balaban J connectivity index is 1.58. The highest BCUT2D eigenvalue weighted by atomic mass is 16.3. The van der Waals surface area contributed by atoms with E-state index in [-0.39, 0.29) is 23.5 Å². The topological polar surface area (TPSA) is 40.5 Å². The molecule has 2 nitrogen and oxygen atoms in total. The number of aliphatic hydroxyl groups excluding tert-OH is 2. The molecule has 188 valence electrons. The zero-order chi connectivity index (χ0) is 24.1. The minimum absolute atomic E-state index is 0.117. The van der Waals surface area contributed by atoms with Crippen molar-refractivity contribution in [3.63, 3.8) is 0 Å². The Kier molecular flexibility index (Phi) is 5.42. The van der Waals surface area contributed by atoms with Gasteiger partial charge in [0.2, 0.25) is 0 Å². The minimum Gasteiger partial charge on any atom is -0.396 e. The molecule has 0 heterocycles. The van der Waals surface area contributed by atoms with Crippen LogP contribution in [0.1, 0.15) is 119 Å². The molecule has 0 saturated heterocycles. The lowest BCUT2D eigenvalue weighted by atomic mass is 9.33. The van der Waals surface area contributed by atoms with E-state index in [0.717, 1.165) is 25.2 Å². The summed E-state index contributed by atoms with van der Waals surface area (Å²) in [5, 5.41) is 21.4. The summed E-state index contributed by atoms with van der Waals surface area (Å²) in [6.45, 7) is 17.7. The van der Waals surface area contributed by atoms with E-state index in [1.54, 1.807) is 0 Å². The van der Waals surface area contributed by atoms with Crippen molar-refractivity contribution in [1.29, 1.82) is 0 Å². The van der Waals surface area contributed by atoms with Crippen LogP contribution in [-0.2, 0) is 0 Å². The zero-order valence-electron chi connectivity index (χ0n) is 22.8. The number of rotatable bonds is 2. The van der Waals surface area contributed by atoms with Gasteiger partial charge in [-0.15, -0.1) is 0 Å². The van der Waals surface area contributed by atoms with Crippen LogP contribution in [0, 0.1) is 50.2 Å². The zero-order valence-corrected chi connectivity index (χ0v) is 22.8. The van der Waals surface area contributed by atoms with E-state index in [0.29, 0.717) is 33.5 Å². The van der Waals surface area contributed by atoms with Crippen LogP contribution in [0.4, 0.5) is 0 Å². The van der Waals surface area contributed by atoms with E-state index in [2.05, 4.69) is 54.5 Å². The number of allylic oxidation sites excluding steroid dienone is 2. The van der Waals surface area contributed by atoms with Crippen molar-refractivity contribution >= 4 is 0 Å². The maximum Gasteiger partial charge on any atom is 0.0618 e. The fraction of sp³-hybridized carbons (Fsp3) is 0.935. The second-order valence-corrected chi connectivity index (χ2v) is 15.1. The molecule has 0 aromatic heterocycles. The Hall–Kier alpha value is -0.340. The molecular formula is C31H52O2. The minimum atomic E-state index is -0.362. The van der Waals surface area contributed by atoms with Crippen molar-refractivity contribution < 1.29 is 10.2 Å². The van der Waals surface area contributed by atoms with Gasteiger partial charge in [-0.3, -0.25) is 0 Å². The number of hydrogen-bond donors (Lipinski definition) is 2. The highest BCUT2D eigenvalue weighted by Gasteiger charge is 2.68. The van der Waals surface area contributed by atoms with Crippen molar-refractivity contribution in [1.82, 2.24) is 0 Å². The van der Waals surface area contributed by atoms with Gasteiger partial charge in [0.15, 0.2) is 0 Å². The summed E-state index contributed by atoms with van der Waals surface area (Å²) in [4.78, 5) is 0. The van der Waals surface area contributed by atoms with Crippen LogP contribution in [0.2, 0.25) is 0 Å². The Morgan fingerprint density at radius 2 is 1.58 bits per heavy atom. The quantitative estimate of drug-likeness (QED) is 0.422. The molecule has 0 bridgehead atoms. The first-order valence-corrected chi connectivity index (χ1v) is 14.3. The fourth-order valence-corrected chi connectivity index (χ4v) is 11.0. The molecule has 0 aromatic rings. The van der Waals surface area contributed by atoms with Gasteiger partial charge in [0.05, 0.1) is 12.7 Å². The van der Waals surface area contributed by atoms with Gasteiger partial charge in [-0.25, -0.2) is 0 Å². The molecule has 9 atom stereocenters. The monoisotopic (exact) mass is 456 g/mol. The lowest BCUT2D eigenvalue weighted by Gasteiger charge is -2.71. The molecule has 4 fully saturated rings. The molecule has 5 aliphatic rings. The molecule has 2 N–H and O–H groups in total. The Labute approximate surface area is 204 Å². The molecule has 33 heavy (non-hydrogen) atoms. The summed E-state index contributed by atoms with van der Waals surface area (Å²) >= 11 is 0. The summed E-state index contributed by atoms with van der Waals surface area (Å²) in [6.07, 6.45) is 16.3. The molecule has 5 rings (SSSR count). The molecule has 5 aliphatic carbocycles. The van der Waals surface area contributed by atoms with Gasteiger partial charge in [-0.05, 0) is 115 Å². The van der Waals surface area contributed by atoms with Crippen LogP contribution in [0.15, 0.2) is 11.6 Å². The molecule has 4 saturated carbocycles. The van der Waals surface area contributed by atoms with Gasteiger partial charge in [-0.1, -0.05) is 60.1 Å². The second kappa shape index (κ2) is 7.34. The fourth-order valence-electron chi connectivity index (χ4n) is 11.0. The van der Waals surface area contributed by atoms with Crippen LogP contribution in [-0.4, -0.2) is 22.9 Å². The maximum atomic E-state index is 10.9. The third kappa shape index (κ3) is 2.98. The summed E-state index contributed by atoms with van der Waals surface area (Å²) in [6, 6.07) is 0. The van der Waals surface area contributed by atoms with Crippen molar-refractivity contribution in [2.24, 2.45) is 50.2 Å². The van der Waals surface area contributed by atoms with E-state index in [1.165, 1.54) is 51.4 Å². The van der Waals surface area contributed by atoms with Crippen molar-refractivity contribution in [3.05, 3.63) is 11.6 Å². The van der Waals surface area contributed by atoms with Crippen LogP contribution in [0.3, 0.4) is 0 Å². The van der Waals surface area contributed by atoms with E-state index in [1.807, 2.05) is 5.57 Å². The lowest BCUT2D eigenvalue weighted by Crippen LogP contribution is -2.65. The molecule has 0 amide bonds. The summed E-state index contributed by atoms with van der Waals surface area (Å²) in [5.41, 5.74) is 3.33. The molecular weight excluding hydrogens is 404 g/mol. The van der Waals surface area contributed by atoms with Gasteiger partial charge in [0.1, 0.15) is 0 Å². The molecule has 0 spiro atoms. The lowest BCUT2D eigenvalue weighted by molar-refractivity contribution is -0.215. The van der Waals surface area contributed by atoms with Gasteiger partial charge in [0.25, 0.3) is 0 Å². The van der Waals surface area contributed by atoms with Crippen LogP contribution >= 0.6 is 0 Å². The van der Waals surface area contributed by atoms with Crippen LogP contribution < -0.4 is 0 Å². The first-order chi connectivity index (χ1) is 15.3. The van der Waals surface area contributed by atoms with E-state index in [4.69, 9.17) is 0 Å². The number of aliphatic hydroxyl groups is 2. The average molecular weight is 457 g/mol. The van der Waals surface area contributed by atoms with Gasteiger partial charge < -0.3 is 10.2 Å². The van der Waals surface area contributed by atoms with Crippen molar-refractivity contribution in [2.75, 3.05) is 6.61 Å². The second-order valence-electron chi connectivity index (χ2n) is 15.1. The number of hydrogen-bond acceptors (Lipinski definition) is 2. The Morgan fingerprint density at radius 3 is 2.24 bits per heavy atom. The first kappa shape index (κ1) is 24.4. The van der Waals surface area contributed by atoms with Gasteiger partial charge in [-0.2, -0.15) is 0 Å². The standard InChI is InChI=1S/C31H52O2/c1-8-31-17-15-26(2,3)19-22(31)21-9-10-24-27(4)13-12-25(33)28(5,20-32)23(27)11-14-30(24,7)29(21,6)16-18-31/h9,22-25,32-33H,8,10-20H2,1-7H3/t22-,23?,24?,25+,27+,28+,29-,30-,31-/m1/s1. The predicted octanol–water partition coefficient (Wildman–Crippen LogP) is 7.53. The summed E-state index contributed by atoms with van der Waals surface area (Å²) in [7, 11) is 0. The molecule has 0 aliphatic heterocycles. The van der Waals surface area contributed by atoms with E-state index < -0.39 is 0 Å². The summed E-state index contributed by atoms with van der Waals surface area (Å²) < 4.78 is 0. The SMILES string of the molecule is CC[C@]12CCC(C)(C)C[C@@H]1C1=CCC3[C@@]4(C)CC[C@H](O)[C@@](C)(CO)C4CC[C@@]3(C)[C@]1(C)CC2. The average Bonchev–Trinajstić information content (AvgIpc) is 2.77. The highest BCUT2D eigenvalue weighted by molar-refractivity contribution is 5.33. The normalized spacial score (nSPS) is 55.5. The largest absolute Gasteiger partial charge is 0.396 e. The third-order valence-electron chi connectivity index (χ3n) is 13.6. The molecule has 0 radical (unpaired) electrons. The predicted molar refractivity (Wildman–Crippen MR) is 137 cm³/mol. The third-order valence-corrected chi connectivity index (χ3v) is 13.6. The summed E-state index contributed by atoms with van der Waals surface area (Å²) in [5.74, 6) is 1.84. The smallest absolute Gasteiger partial charge is 0.0618 e. The van der Waals surface area contributed by atoms with Gasteiger partial charge >= 0.3 is 0 Å². The van der Waals surface area contributed by atoms with Gasteiger partial charge in [0, 0.05) is 5.41 Å². The Bertz CT molecular complexity index is 829.